The highest BCUT2D eigenvalue weighted by Gasteiger charge is 2.00. The molecule has 1 aromatic heterocycles. The standard InChI is InChI=1S/C21H17ClN2O2/c22-19-7-4-8-20(23-19)24-21(25)14-11-16-9-12-18(13-10-16)26-15-17-5-2-1-3-6-17/h1-14H,15H2,(H,23,24,25)/b14-11+. The zero-order valence-corrected chi connectivity index (χ0v) is 14.7. The summed E-state index contributed by atoms with van der Waals surface area (Å²) in [4.78, 5) is 15.9. The van der Waals surface area contributed by atoms with Crippen LogP contribution in [-0.2, 0) is 11.4 Å². The predicted octanol–water partition coefficient (Wildman–Crippen LogP) is 4.97. The lowest BCUT2D eigenvalue weighted by Crippen LogP contribution is -2.08. The van der Waals surface area contributed by atoms with E-state index >= 15 is 0 Å². The third kappa shape index (κ3) is 5.46. The van der Waals surface area contributed by atoms with E-state index in [4.69, 9.17) is 16.3 Å². The topological polar surface area (TPSA) is 51.2 Å². The number of aromatic nitrogens is 1. The number of ether oxygens (including phenoxy) is 1. The van der Waals surface area contributed by atoms with Gasteiger partial charge in [-0.1, -0.05) is 60.1 Å². The first-order valence-electron chi connectivity index (χ1n) is 8.07. The van der Waals surface area contributed by atoms with Crippen LogP contribution in [0, 0.1) is 0 Å². The minimum Gasteiger partial charge on any atom is -0.489 e. The van der Waals surface area contributed by atoms with Crippen molar-refractivity contribution in [1.82, 2.24) is 4.98 Å². The van der Waals surface area contributed by atoms with E-state index in [-0.39, 0.29) is 5.91 Å². The summed E-state index contributed by atoms with van der Waals surface area (Å²) < 4.78 is 5.74. The van der Waals surface area contributed by atoms with Gasteiger partial charge >= 0.3 is 0 Å². The van der Waals surface area contributed by atoms with Gasteiger partial charge in [0.2, 0.25) is 5.91 Å². The summed E-state index contributed by atoms with van der Waals surface area (Å²) >= 11 is 5.79. The van der Waals surface area contributed by atoms with Gasteiger partial charge in [0.05, 0.1) is 0 Å². The smallest absolute Gasteiger partial charge is 0.249 e. The van der Waals surface area contributed by atoms with E-state index in [0.29, 0.717) is 17.6 Å². The number of carbonyl (C=O) groups is 1. The Kier molecular flexibility index (Phi) is 6.01. The van der Waals surface area contributed by atoms with Crippen molar-refractivity contribution in [1.29, 1.82) is 0 Å². The highest BCUT2D eigenvalue weighted by Crippen LogP contribution is 2.15. The number of benzene rings is 2. The van der Waals surface area contributed by atoms with Gasteiger partial charge in [-0.25, -0.2) is 4.98 Å². The molecule has 26 heavy (non-hydrogen) atoms. The molecule has 1 amide bonds. The van der Waals surface area contributed by atoms with Crippen molar-refractivity contribution >= 4 is 29.4 Å². The van der Waals surface area contributed by atoms with E-state index in [0.717, 1.165) is 16.9 Å². The Morgan fingerprint density at radius 1 is 1.00 bits per heavy atom. The molecule has 3 rings (SSSR count). The number of halogens is 1. The fraction of sp³-hybridized carbons (Fsp3) is 0.0476. The van der Waals surface area contributed by atoms with Crippen molar-refractivity contribution in [3.05, 3.63) is 95.2 Å². The summed E-state index contributed by atoms with van der Waals surface area (Å²) in [5, 5.41) is 2.99. The molecule has 0 bridgehead atoms. The van der Waals surface area contributed by atoms with Crippen LogP contribution in [0.4, 0.5) is 5.82 Å². The number of pyridine rings is 1. The third-order valence-electron chi connectivity index (χ3n) is 3.52. The molecule has 130 valence electrons. The maximum absolute atomic E-state index is 11.9. The number of anilines is 1. The Bertz CT molecular complexity index is 893. The molecule has 0 unspecified atom stereocenters. The Morgan fingerprint density at radius 3 is 2.50 bits per heavy atom. The van der Waals surface area contributed by atoms with Gasteiger partial charge in [0.1, 0.15) is 23.3 Å². The quantitative estimate of drug-likeness (QED) is 0.496. The van der Waals surface area contributed by atoms with Crippen molar-refractivity contribution in [2.24, 2.45) is 0 Å². The lowest BCUT2D eigenvalue weighted by Gasteiger charge is -2.06. The normalized spacial score (nSPS) is 10.7. The number of hydrogen-bond acceptors (Lipinski definition) is 3. The molecule has 0 aliphatic heterocycles. The van der Waals surface area contributed by atoms with Crippen molar-refractivity contribution in [3.8, 4) is 5.75 Å². The van der Waals surface area contributed by atoms with Crippen LogP contribution in [0.5, 0.6) is 5.75 Å². The van der Waals surface area contributed by atoms with Crippen LogP contribution in [0.15, 0.2) is 78.9 Å². The zero-order valence-electron chi connectivity index (χ0n) is 13.9. The van der Waals surface area contributed by atoms with E-state index in [2.05, 4.69) is 10.3 Å². The summed E-state index contributed by atoms with van der Waals surface area (Å²) in [6, 6.07) is 22.6. The molecule has 2 aromatic carbocycles. The summed E-state index contributed by atoms with van der Waals surface area (Å²) in [7, 11) is 0. The largest absolute Gasteiger partial charge is 0.489 e. The second-order valence-corrected chi connectivity index (χ2v) is 5.90. The van der Waals surface area contributed by atoms with Gasteiger partial charge < -0.3 is 10.1 Å². The SMILES string of the molecule is O=C(/C=C/c1ccc(OCc2ccccc2)cc1)Nc1cccc(Cl)n1. The van der Waals surface area contributed by atoms with Gasteiger partial charge in [-0.2, -0.15) is 0 Å². The molecule has 3 aromatic rings. The van der Waals surface area contributed by atoms with Crippen LogP contribution < -0.4 is 10.1 Å². The molecule has 0 aliphatic carbocycles. The van der Waals surface area contributed by atoms with Gasteiger partial charge in [0.15, 0.2) is 0 Å². The van der Waals surface area contributed by atoms with Crippen molar-refractivity contribution < 1.29 is 9.53 Å². The van der Waals surface area contributed by atoms with Crippen molar-refractivity contribution in [2.45, 2.75) is 6.61 Å². The van der Waals surface area contributed by atoms with Crippen LogP contribution in [0.25, 0.3) is 6.08 Å². The number of amides is 1. The first kappa shape index (κ1) is 17.7. The minimum absolute atomic E-state index is 0.274. The van der Waals surface area contributed by atoms with Gasteiger partial charge in [-0.15, -0.1) is 0 Å². The summed E-state index contributed by atoms with van der Waals surface area (Å²) in [5.74, 6) is 0.916. The zero-order chi connectivity index (χ0) is 18.2. The average Bonchev–Trinajstić information content (AvgIpc) is 2.66. The highest BCUT2D eigenvalue weighted by molar-refractivity contribution is 6.29. The van der Waals surface area contributed by atoms with Gasteiger partial charge in [-0.3, -0.25) is 4.79 Å². The Balaban J connectivity index is 1.53. The fourth-order valence-electron chi connectivity index (χ4n) is 2.23. The van der Waals surface area contributed by atoms with E-state index in [1.807, 2.05) is 54.6 Å². The molecule has 0 aliphatic rings. The second kappa shape index (κ2) is 8.83. The number of carbonyl (C=O) groups excluding carboxylic acids is 1. The van der Waals surface area contributed by atoms with E-state index in [1.165, 1.54) is 6.08 Å². The van der Waals surface area contributed by atoms with E-state index in [1.54, 1.807) is 24.3 Å². The molecular formula is C21H17ClN2O2. The number of rotatable bonds is 6. The molecule has 1 heterocycles. The Hall–Kier alpha value is -3.11. The Labute approximate surface area is 157 Å². The van der Waals surface area contributed by atoms with E-state index in [9.17, 15) is 4.79 Å². The van der Waals surface area contributed by atoms with Crippen LogP contribution >= 0.6 is 11.6 Å². The second-order valence-electron chi connectivity index (χ2n) is 5.51. The lowest BCUT2D eigenvalue weighted by atomic mass is 10.2. The third-order valence-corrected chi connectivity index (χ3v) is 3.73. The highest BCUT2D eigenvalue weighted by atomic mass is 35.5. The molecule has 4 nitrogen and oxygen atoms in total. The molecule has 5 heteroatoms. The van der Waals surface area contributed by atoms with Crippen LogP contribution in [-0.4, -0.2) is 10.9 Å². The van der Waals surface area contributed by atoms with Gasteiger partial charge in [-0.05, 0) is 41.5 Å². The molecule has 0 saturated carbocycles. The summed E-state index contributed by atoms with van der Waals surface area (Å²) in [6.07, 6.45) is 3.17. The van der Waals surface area contributed by atoms with E-state index < -0.39 is 0 Å². The van der Waals surface area contributed by atoms with Crippen molar-refractivity contribution in [2.75, 3.05) is 5.32 Å². The summed E-state index contributed by atoms with van der Waals surface area (Å²) in [5.41, 5.74) is 2.01. The molecular weight excluding hydrogens is 348 g/mol. The first-order chi connectivity index (χ1) is 12.7. The molecule has 0 radical (unpaired) electrons. The maximum atomic E-state index is 11.9. The molecule has 0 atom stereocenters. The molecule has 1 N–H and O–H groups in total. The van der Waals surface area contributed by atoms with Crippen LogP contribution in [0.3, 0.4) is 0 Å². The monoisotopic (exact) mass is 364 g/mol. The molecule has 0 spiro atoms. The van der Waals surface area contributed by atoms with Gasteiger partial charge in [0, 0.05) is 6.08 Å². The van der Waals surface area contributed by atoms with Crippen LogP contribution in [0.2, 0.25) is 5.15 Å². The maximum Gasteiger partial charge on any atom is 0.249 e. The molecule has 0 saturated heterocycles. The number of nitrogens with zero attached hydrogens (tertiary/aromatic N) is 1. The number of nitrogens with one attached hydrogen (secondary N) is 1. The number of hydrogen-bond donors (Lipinski definition) is 1. The summed E-state index contributed by atoms with van der Waals surface area (Å²) in [6.45, 7) is 0.519. The van der Waals surface area contributed by atoms with Crippen molar-refractivity contribution in [3.63, 3.8) is 0 Å². The van der Waals surface area contributed by atoms with Crippen LogP contribution in [0.1, 0.15) is 11.1 Å². The van der Waals surface area contributed by atoms with Gasteiger partial charge in [0.25, 0.3) is 0 Å². The Morgan fingerprint density at radius 2 is 1.77 bits per heavy atom. The fourth-order valence-corrected chi connectivity index (χ4v) is 2.40. The minimum atomic E-state index is -0.274. The first-order valence-corrected chi connectivity index (χ1v) is 8.45. The average molecular weight is 365 g/mol. The lowest BCUT2D eigenvalue weighted by molar-refractivity contribution is -0.111. The molecule has 0 fully saturated rings. The predicted molar refractivity (Wildman–Crippen MR) is 104 cm³/mol.